The maximum absolute atomic E-state index is 12.8. The number of benzene rings is 1. The van der Waals surface area contributed by atoms with E-state index in [1.54, 1.807) is 0 Å². The molecule has 3 rings (SSSR count). The number of carbonyl (C=O) groups excluding carboxylic acids is 1. The standard InChI is InChI=1S/C19H29N3O/c1-16-8-10-20(11-9-16)17(2)19(23)22-14-12-21(13-15-22)18-6-4-3-5-7-18/h3-7,16-17H,8-15H2,1-2H3. The Morgan fingerprint density at radius 1 is 1.00 bits per heavy atom. The Labute approximate surface area is 140 Å². The first-order valence-electron chi connectivity index (χ1n) is 8.98. The second kappa shape index (κ2) is 7.35. The van der Waals surface area contributed by atoms with Crippen molar-refractivity contribution in [3.63, 3.8) is 0 Å². The number of para-hydroxylation sites is 1. The first-order valence-corrected chi connectivity index (χ1v) is 8.98. The van der Waals surface area contributed by atoms with E-state index in [-0.39, 0.29) is 6.04 Å². The van der Waals surface area contributed by atoms with Crippen LogP contribution in [0.5, 0.6) is 0 Å². The Hall–Kier alpha value is -1.55. The lowest BCUT2D eigenvalue weighted by atomic mass is 9.98. The number of nitrogens with zero attached hydrogens (tertiary/aromatic N) is 3. The molecule has 2 heterocycles. The van der Waals surface area contributed by atoms with E-state index in [9.17, 15) is 4.79 Å². The zero-order chi connectivity index (χ0) is 16.2. The topological polar surface area (TPSA) is 26.8 Å². The molecule has 1 aromatic carbocycles. The molecule has 0 bridgehead atoms. The van der Waals surface area contributed by atoms with E-state index in [2.05, 4.69) is 52.8 Å². The van der Waals surface area contributed by atoms with E-state index in [0.29, 0.717) is 5.91 Å². The molecule has 1 atom stereocenters. The molecule has 1 aromatic rings. The number of amides is 1. The van der Waals surface area contributed by atoms with E-state index in [0.717, 1.165) is 45.2 Å². The van der Waals surface area contributed by atoms with Crippen LogP contribution in [0, 0.1) is 5.92 Å². The number of hydrogen-bond acceptors (Lipinski definition) is 3. The second-order valence-corrected chi connectivity index (χ2v) is 7.04. The minimum atomic E-state index is 0.0331. The maximum atomic E-state index is 12.8. The molecule has 0 N–H and O–H groups in total. The zero-order valence-corrected chi connectivity index (χ0v) is 14.4. The van der Waals surface area contributed by atoms with Crippen LogP contribution in [0.15, 0.2) is 30.3 Å². The number of piperidine rings is 1. The second-order valence-electron chi connectivity index (χ2n) is 7.04. The summed E-state index contributed by atoms with van der Waals surface area (Å²) in [6.07, 6.45) is 2.44. The van der Waals surface area contributed by atoms with Gasteiger partial charge in [0.05, 0.1) is 6.04 Å². The van der Waals surface area contributed by atoms with Crippen LogP contribution in [0.3, 0.4) is 0 Å². The van der Waals surface area contributed by atoms with Crippen molar-refractivity contribution in [2.24, 2.45) is 5.92 Å². The molecule has 2 aliphatic rings. The molecule has 23 heavy (non-hydrogen) atoms. The van der Waals surface area contributed by atoms with Gasteiger partial charge in [-0.3, -0.25) is 9.69 Å². The lowest BCUT2D eigenvalue weighted by molar-refractivity contribution is -0.137. The average molecular weight is 315 g/mol. The normalized spacial score (nSPS) is 22.2. The summed E-state index contributed by atoms with van der Waals surface area (Å²) >= 11 is 0. The van der Waals surface area contributed by atoms with E-state index in [1.165, 1.54) is 18.5 Å². The highest BCUT2D eigenvalue weighted by Gasteiger charge is 2.30. The van der Waals surface area contributed by atoms with Crippen molar-refractivity contribution in [2.45, 2.75) is 32.7 Å². The molecule has 4 heteroatoms. The minimum absolute atomic E-state index is 0.0331. The quantitative estimate of drug-likeness (QED) is 0.857. The van der Waals surface area contributed by atoms with Gasteiger partial charge in [0.15, 0.2) is 0 Å². The molecule has 1 unspecified atom stereocenters. The number of rotatable bonds is 3. The van der Waals surface area contributed by atoms with Gasteiger partial charge in [0.25, 0.3) is 0 Å². The molecule has 0 aliphatic carbocycles. The smallest absolute Gasteiger partial charge is 0.239 e. The molecule has 0 spiro atoms. The van der Waals surface area contributed by atoms with E-state index < -0.39 is 0 Å². The van der Waals surface area contributed by atoms with Crippen molar-refractivity contribution in [3.8, 4) is 0 Å². The predicted octanol–water partition coefficient (Wildman–Crippen LogP) is 2.46. The lowest BCUT2D eigenvalue weighted by Crippen LogP contribution is -2.55. The predicted molar refractivity (Wildman–Crippen MR) is 94.7 cm³/mol. The highest BCUT2D eigenvalue weighted by atomic mass is 16.2. The van der Waals surface area contributed by atoms with Crippen LogP contribution in [0.25, 0.3) is 0 Å². The fourth-order valence-corrected chi connectivity index (χ4v) is 3.66. The highest BCUT2D eigenvalue weighted by molar-refractivity contribution is 5.81. The third-order valence-electron chi connectivity index (χ3n) is 5.44. The van der Waals surface area contributed by atoms with Crippen LogP contribution in [0.1, 0.15) is 26.7 Å². The zero-order valence-electron chi connectivity index (χ0n) is 14.4. The Morgan fingerprint density at radius 3 is 2.22 bits per heavy atom. The number of piperazine rings is 1. The number of anilines is 1. The number of carbonyl (C=O) groups is 1. The van der Waals surface area contributed by atoms with Crippen molar-refractivity contribution in [2.75, 3.05) is 44.2 Å². The summed E-state index contributed by atoms with van der Waals surface area (Å²) in [6.45, 7) is 10.1. The molecule has 0 saturated carbocycles. The Kier molecular flexibility index (Phi) is 5.21. The van der Waals surface area contributed by atoms with Crippen molar-refractivity contribution in [1.82, 2.24) is 9.80 Å². The van der Waals surface area contributed by atoms with Gasteiger partial charge in [-0.1, -0.05) is 25.1 Å². The molecule has 2 aliphatic heterocycles. The van der Waals surface area contributed by atoms with Crippen LogP contribution < -0.4 is 4.90 Å². The van der Waals surface area contributed by atoms with Crippen LogP contribution in [0.4, 0.5) is 5.69 Å². The van der Waals surface area contributed by atoms with Gasteiger partial charge >= 0.3 is 0 Å². The van der Waals surface area contributed by atoms with Gasteiger partial charge in [0, 0.05) is 31.9 Å². The van der Waals surface area contributed by atoms with Gasteiger partial charge in [-0.2, -0.15) is 0 Å². The summed E-state index contributed by atoms with van der Waals surface area (Å²) in [5.41, 5.74) is 1.26. The third kappa shape index (κ3) is 3.86. The average Bonchev–Trinajstić information content (AvgIpc) is 2.62. The van der Waals surface area contributed by atoms with Crippen LogP contribution in [0.2, 0.25) is 0 Å². The third-order valence-corrected chi connectivity index (χ3v) is 5.44. The molecule has 0 radical (unpaired) electrons. The van der Waals surface area contributed by atoms with Gasteiger partial charge in [0.1, 0.15) is 0 Å². The van der Waals surface area contributed by atoms with E-state index in [1.807, 2.05) is 6.07 Å². The minimum Gasteiger partial charge on any atom is -0.368 e. The van der Waals surface area contributed by atoms with Gasteiger partial charge in [-0.25, -0.2) is 0 Å². The van der Waals surface area contributed by atoms with E-state index >= 15 is 0 Å². The Balaban J connectivity index is 1.52. The monoisotopic (exact) mass is 315 g/mol. The van der Waals surface area contributed by atoms with Crippen molar-refractivity contribution >= 4 is 11.6 Å². The van der Waals surface area contributed by atoms with Crippen LogP contribution in [-0.4, -0.2) is 61.0 Å². The van der Waals surface area contributed by atoms with Gasteiger partial charge in [-0.05, 0) is 50.9 Å². The molecular weight excluding hydrogens is 286 g/mol. The molecule has 126 valence electrons. The number of hydrogen-bond donors (Lipinski definition) is 0. The molecule has 4 nitrogen and oxygen atoms in total. The molecule has 1 amide bonds. The summed E-state index contributed by atoms with van der Waals surface area (Å²) in [5, 5.41) is 0. The Morgan fingerprint density at radius 2 is 1.61 bits per heavy atom. The maximum Gasteiger partial charge on any atom is 0.239 e. The van der Waals surface area contributed by atoms with Crippen molar-refractivity contribution in [3.05, 3.63) is 30.3 Å². The number of likely N-dealkylation sites (tertiary alicyclic amines) is 1. The van der Waals surface area contributed by atoms with Gasteiger partial charge < -0.3 is 9.80 Å². The highest BCUT2D eigenvalue weighted by Crippen LogP contribution is 2.20. The van der Waals surface area contributed by atoms with Crippen LogP contribution in [-0.2, 0) is 4.79 Å². The molecule has 2 saturated heterocycles. The summed E-state index contributed by atoms with van der Waals surface area (Å²) in [5.74, 6) is 1.12. The lowest BCUT2D eigenvalue weighted by Gasteiger charge is -2.40. The van der Waals surface area contributed by atoms with Crippen LogP contribution >= 0.6 is 0 Å². The van der Waals surface area contributed by atoms with Gasteiger partial charge in [0.2, 0.25) is 5.91 Å². The van der Waals surface area contributed by atoms with Crippen molar-refractivity contribution in [1.29, 1.82) is 0 Å². The first-order chi connectivity index (χ1) is 11.1. The summed E-state index contributed by atoms with van der Waals surface area (Å²) < 4.78 is 0. The fourth-order valence-electron chi connectivity index (χ4n) is 3.66. The van der Waals surface area contributed by atoms with Gasteiger partial charge in [-0.15, -0.1) is 0 Å². The summed E-state index contributed by atoms with van der Waals surface area (Å²) in [6, 6.07) is 10.5. The summed E-state index contributed by atoms with van der Waals surface area (Å²) in [4.78, 5) is 19.6. The molecular formula is C19H29N3O. The van der Waals surface area contributed by atoms with Crippen molar-refractivity contribution < 1.29 is 4.79 Å². The Bertz CT molecular complexity index is 503. The first kappa shape index (κ1) is 16.3. The summed E-state index contributed by atoms with van der Waals surface area (Å²) in [7, 11) is 0. The molecule has 0 aromatic heterocycles. The molecule has 2 fully saturated rings. The SMILES string of the molecule is CC1CCN(C(C)C(=O)N2CCN(c3ccccc3)CC2)CC1. The van der Waals surface area contributed by atoms with E-state index in [4.69, 9.17) is 0 Å². The largest absolute Gasteiger partial charge is 0.368 e. The fraction of sp³-hybridized carbons (Fsp3) is 0.632.